The van der Waals surface area contributed by atoms with Crippen molar-refractivity contribution < 1.29 is 0 Å². The van der Waals surface area contributed by atoms with E-state index < -0.39 is 0 Å². The van der Waals surface area contributed by atoms with E-state index in [0.29, 0.717) is 0 Å². The predicted octanol–water partition coefficient (Wildman–Crippen LogP) is 9.92. The van der Waals surface area contributed by atoms with Crippen LogP contribution in [0.15, 0.2) is 33.2 Å². The van der Waals surface area contributed by atoms with Crippen molar-refractivity contribution in [2.24, 2.45) is 5.92 Å². The quantitative estimate of drug-likeness (QED) is 0.153. The molecule has 0 radical (unpaired) electrons. The highest BCUT2D eigenvalue weighted by Gasteiger charge is 2.18. The zero-order chi connectivity index (χ0) is 20.3. The second kappa shape index (κ2) is 10.8. The first-order valence-corrected chi connectivity index (χ1v) is 14.0. The summed E-state index contributed by atoms with van der Waals surface area (Å²) in [5.41, 5.74) is 2.71. The molecular weight excluding hydrogens is 704 g/mol. The van der Waals surface area contributed by atoms with E-state index in [1.54, 1.807) is 0 Å². The van der Waals surface area contributed by atoms with E-state index in [2.05, 4.69) is 120 Å². The summed E-state index contributed by atoms with van der Waals surface area (Å²) >= 11 is 12.4. The smallest absolute Gasteiger partial charge is 0.0503 e. The fourth-order valence-corrected chi connectivity index (χ4v) is 5.63. The molecule has 0 N–H and O–H groups in total. The van der Waals surface area contributed by atoms with Gasteiger partial charge in [-0.25, -0.2) is 0 Å². The molecule has 0 aliphatic rings. The Morgan fingerprint density at radius 1 is 0.786 bits per heavy atom. The molecule has 1 unspecified atom stereocenters. The third kappa shape index (κ3) is 5.28. The first-order chi connectivity index (χ1) is 13.5. The number of fused-ring (bicyclic) bond motifs is 3. The van der Waals surface area contributed by atoms with Gasteiger partial charge in [-0.2, -0.15) is 0 Å². The third-order valence-corrected chi connectivity index (χ3v) is 10.2. The van der Waals surface area contributed by atoms with Gasteiger partial charge in [-0.1, -0.05) is 46.0 Å². The fourth-order valence-electron chi connectivity index (χ4n) is 4.04. The third-order valence-electron chi connectivity index (χ3n) is 5.57. The highest BCUT2D eigenvalue weighted by molar-refractivity contribution is 14.1. The van der Waals surface area contributed by atoms with Crippen LogP contribution >= 0.6 is 77.0 Å². The van der Waals surface area contributed by atoms with Crippen LogP contribution in [0.25, 0.3) is 21.8 Å². The zero-order valence-electron chi connectivity index (χ0n) is 16.5. The maximum Gasteiger partial charge on any atom is 0.0503 e. The standard InChI is InChI=1S/C23H27Br2I2N/c1-3-5-7-9-15(8-6-4-2)14-28-22-12-18(24)20(26)10-16(22)17-11-21(27)19(25)13-23(17)28/h10-13,15H,3-9,14H2,1-2H3. The maximum atomic E-state index is 3.76. The summed E-state index contributed by atoms with van der Waals surface area (Å²) in [4.78, 5) is 0. The molecule has 3 rings (SSSR count). The Bertz CT molecular complexity index is 899. The number of hydrogen-bond donors (Lipinski definition) is 0. The van der Waals surface area contributed by atoms with Crippen molar-refractivity contribution in [1.29, 1.82) is 0 Å². The SMILES string of the molecule is CCCCCC(CCCC)Cn1c2cc(Br)c(I)cc2c2cc(I)c(Br)cc21. The Hall–Kier alpha value is 0.660. The van der Waals surface area contributed by atoms with Crippen LogP contribution in [0.1, 0.15) is 58.8 Å². The van der Waals surface area contributed by atoms with Gasteiger partial charge in [0, 0.05) is 33.4 Å². The number of hydrogen-bond acceptors (Lipinski definition) is 0. The molecule has 3 aromatic rings. The Balaban J connectivity index is 2.10. The number of rotatable bonds is 9. The van der Waals surface area contributed by atoms with Crippen molar-refractivity contribution in [2.75, 3.05) is 0 Å². The van der Waals surface area contributed by atoms with Crippen LogP contribution in [0.5, 0.6) is 0 Å². The van der Waals surface area contributed by atoms with Crippen LogP contribution < -0.4 is 0 Å². The highest BCUT2D eigenvalue weighted by Crippen LogP contribution is 2.37. The Labute approximate surface area is 212 Å². The van der Waals surface area contributed by atoms with Gasteiger partial charge in [0.2, 0.25) is 0 Å². The van der Waals surface area contributed by atoms with Crippen molar-refractivity contribution in [1.82, 2.24) is 4.57 Å². The van der Waals surface area contributed by atoms with Gasteiger partial charge in [0.25, 0.3) is 0 Å². The molecule has 1 heterocycles. The molecule has 5 heteroatoms. The minimum absolute atomic E-state index is 0.751. The summed E-state index contributed by atoms with van der Waals surface area (Å²) in [6, 6.07) is 9.31. The molecule has 152 valence electrons. The molecule has 1 atom stereocenters. The van der Waals surface area contributed by atoms with Gasteiger partial charge in [0.05, 0.1) is 11.0 Å². The van der Waals surface area contributed by atoms with E-state index in [4.69, 9.17) is 0 Å². The molecule has 28 heavy (non-hydrogen) atoms. The monoisotopic (exact) mass is 729 g/mol. The van der Waals surface area contributed by atoms with E-state index in [1.165, 1.54) is 82.8 Å². The van der Waals surface area contributed by atoms with Gasteiger partial charge in [-0.05, 0) is 120 Å². The van der Waals surface area contributed by atoms with Crippen molar-refractivity contribution in [3.05, 3.63) is 40.4 Å². The van der Waals surface area contributed by atoms with Gasteiger partial charge in [-0.3, -0.25) is 0 Å². The van der Waals surface area contributed by atoms with Crippen molar-refractivity contribution >= 4 is 98.8 Å². The summed E-state index contributed by atoms with van der Waals surface area (Å²) in [5, 5.41) is 2.74. The Morgan fingerprint density at radius 3 is 1.79 bits per heavy atom. The van der Waals surface area contributed by atoms with Gasteiger partial charge in [-0.15, -0.1) is 0 Å². The van der Waals surface area contributed by atoms with Crippen LogP contribution in [0.4, 0.5) is 0 Å². The minimum Gasteiger partial charge on any atom is -0.340 e. The van der Waals surface area contributed by atoms with Gasteiger partial charge in [0.15, 0.2) is 0 Å². The lowest BCUT2D eigenvalue weighted by molar-refractivity contribution is 0.372. The highest BCUT2D eigenvalue weighted by atomic mass is 127. The molecule has 0 aliphatic carbocycles. The molecule has 0 spiro atoms. The maximum absolute atomic E-state index is 3.76. The summed E-state index contributed by atoms with van der Waals surface area (Å²) in [6.45, 7) is 5.72. The van der Waals surface area contributed by atoms with Crippen LogP contribution in [0, 0.1) is 13.1 Å². The number of unbranched alkanes of at least 4 members (excludes halogenated alkanes) is 3. The largest absolute Gasteiger partial charge is 0.340 e. The number of halogens is 4. The summed E-state index contributed by atoms with van der Waals surface area (Å²) in [6.07, 6.45) is 9.29. The van der Waals surface area contributed by atoms with E-state index in [-0.39, 0.29) is 0 Å². The zero-order valence-corrected chi connectivity index (χ0v) is 24.0. The van der Waals surface area contributed by atoms with E-state index in [9.17, 15) is 0 Å². The number of nitrogens with zero attached hydrogens (tertiary/aromatic N) is 1. The first-order valence-electron chi connectivity index (χ1n) is 10.2. The lowest BCUT2D eigenvalue weighted by atomic mass is 9.95. The summed E-state index contributed by atoms with van der Waals surface area (Å²) in [5.74, 6) is 0.751. The molecule has 0 bridgehead atoms. The molecular formula is C23H27Br2I2N. The Kier molecular flexibility index (Phi) is 9.00. The normalized spacial score (nSPS) is 12.9. The molecule has 2 aromatic carbocycles. The van der Waals surface area contributed by atoms with E-state index >= 15 is 0 Å². The molecule has 0 amide bonds. The predicted molar refractivity (Wildman–Crippen MR) is 147 cm³/mol. The molecule has 0 saturated heterocycles. The second-order valence-corrected chi connectivity index (χ2v) is 11.7. The lowest BCUT2D eigenvalue weighted by Gasteiger charge is -2.19. The van der Waals surface area contributed by atoms with Crippen LogP contribution in [0.2, 0.25) is 0 Å². The van der Waals surface area contributed by atoms with Crippen LogP contribution in [-0.2, 0) is 6.54 Å². The van der Waals surface area contributed by atoms with Crippen molar-refractivity contribution in [2.45, 2.75) is 65.3 Å². The number of benzene rings is 2. The average Bonchev–Trinajstić information content (AvgIpc) is 2.93. The Morgan fingerprint density at radius 2 is 1.29 bits per heavy atom. The topological polar surface area (TPSA) is 4.93 Å². The molecule has 0 fully saturated rings. The van der Waals surface area contributed by atoms with E-state index in [1.807, 2.05) is 0 Å². The minimum atomic E-state index is 0.751. The molecule has 0 aliphatic heterocycles. The van der Waals surface area contributed by atoms with Crippen LogP contribution in [0.3, 0.4) is 0 Å². The van der Waals surface area contributed by atoms with Crippen LogP contribution in [-0.4, -0.2) is 4.57 Å². The first kappa shape index (κ1) is 23.3. The number of aromatic nitrogens is 1. The van der Waals surface area contributed by atoms with Gasteiger partial charge in [0.1, 0.15) is 0 Å². The van der Waals surface area contributed by atoms with Crippen molar-refractivity contribution in [3.8, 4) is 0 Å². The summed E-state index contributed by atoms with van der Waals surface area (Å²) in [7, 11) is 0. The molecule has 0 saturated carbocycles. The lowest BCUT2D eigenvalue weighted by Crippen LogP contribution is -2.11. The van der Waals surface area contributed by atoms with E-state index in [0.717, 1.165) is 12.5 Å². The fraction of sp³-hybridized carbons (Fsp3) is 0.478. The average molecular weight is 731 g/mol. The van der Waals surface area contributed by atoms with Crippen molar-refractivity contribution in [3.63, 3.8) is 0 Å². The molecule has 1 nitrogen and oxygen atoms in total. The summed E-state index contributed by atoms with van der Waals surface area (Å²) < 4.78 is 7.50. The van der Waals surface area contributed by atoms with Gasteiger partial charge >= 0.3 is 0 Å². The second-order valence-electron chi connectivity index (χ2n) is 7.68. The molecule has 1 aromatic heterocycles. The van der Waals surface area contributed by atoms with Gasteiger partial charge < -0.3 is 4.57 Å².